The number of hydrogen-bond donors (Lipinski definition) is 3. The van der Waals surface area contributed by atoms with Crippen molar-refractivity contribution in [3.63, 3.8) is 0 Å². The molecule has 1 fully saturated rings. The van der Waals surface area contributed by atoms with Crippen molar-refractivity contribution in [1.29, 1.82) is 0 Å². The normalized spacial score (nSPS) is 16.0. The van der Waals surface area contributed by atoms with Gasteiger partial charge in [-0.2, -0.15) is 0 Å². The minimum Gasteiger partial charge on any atom is -0.454 e. The molecule has 220 valence electrons. The van der Waals surface area contributed by atoms with E-state index in [2.05, 4.69) is 20.6 Å². The van der Waals surface area contributed by atoms with Crippen molar-refractivity contribution in [2.75, 3.05) is 19.8 Å². The van der Waals surface area contributed by atoms with Crippen LogP contribution in [0.2, 0.25) is 0 Å². The fraction of sp³-hybridized carbons (Fsp3) is 0.290. The van der Waals surface area contributed by atoms with Crippen molar-refractivity contribution >= 4 is 29.1 Å². The molecular formula is C31H33F2N5O4. The van der Waals surface area contributed by atoms with Gasteiger partial charge in [0.15, 0.2) is 11.6 Å². The number of H-pyrrole nitrogens is 1. The minimum atomic E-state index is -0.734. The second kappa shape index (κ2) is 14.2. The Morgan fingerprint density at radius 3 is 2.67 bits per heavy atom. The molecule has 2 aromatic heterocycles. The van der Waals surface area contributed by atoms with Crippen LogP contribution in [-0.2, 0) is 20.9 Å². The van der Waals surface area contributed by atoms with Crippen LogP contribution in [0.15, 0.2) is 67.0 Å². The smallest absolute Gasteiger partial charge is 0.243 e. The molecule has 9 nitrogen and oxygen atoms in total. The highest BCUT2D eigenvalue weighted by atomic mass is 19.1. The van der Waals surface area contributed by atoms with Crippen LogP contribution in [0, 0.1) is 25.6 Å². The van der Waals surface area contributed by atoms with Crippen LogP contribution in [0.3, 0.4) is 0 Å². The average molecular weight is 578 g/mol. The lowest BCUT2D eigenvalue weighted by Crippen LogP contribution is -2.48. The SMILES string of the molecule is Cc1cccc(Oc2ccc(C)cc2F)c1.O=CNCC(=O)N1CC(CF)CC1C(=O)NCc1cc2cnccc2[nH]1. The van der Waals surface area contributed by atoms with E-state index in [1.807, 2.05) is 56.3 Å². The van der Waals surface area contributed by atoms with E-state index < -0.39 is 18.6 Å². The quantitative estimate of drug-likeness (QED) is 0.256. The molecule has 0 spiro atoms. The Hall–Kier alpha value is -4.80. The average Bonchev–Trinajstić information content (AvgIpc) is 3.61. The van der Waals surface area contributed by atoms with Crippen LogP contribution >= 0.6 is 0 Å². The molecule has 0 radical (unpaired) electrons. The van der Waals surface area contributed by atoms with E-state index in [-0.39, 0.29) is 49.4 Å². The Balaban J connectivity index is 0.000000216. The minimum absolute atomic E-state index is 0.173. The highest BCUT2D eigenvalue weighted by Gasteiger charge is 2.39. The van der Waals surface area contributed by atoms with Gasteiger partial charge in [0.05, 0.1) is 19.8 Å². The Kier molecular flexibility index (Phi) is 10.2. The summed E-state index contributed by atoms with van der Waals surface area (Å²) in [7, 11) is 0. The third kappa shape index (κ3) is 7.90. The van der Waals surface area contributed by atoms with Crippen molar-refractivity contribution in [2.24, 2.45) is 5.92 Å². The monoisotopic (exact) mass is 577 g/mol. The molecule has 1 saturated heterocycles. The maximum atomic E-state index is 13.5. The van der Waals surface area contributed by atoms with E-state index in [1.165, 1.54) is 11.0 Å². The van der Waals surface area contributed by atoms with E-state index in [1.54, 1.807) is 18.5 Å². The van der Waals surface area contributed by atoms with Gasteiger partial charge in [0, 0.05) is 41.5 Å². The van der Waals surface area contributed by atoms with Crippen LogP contribution < -0.4 is 15.4 Å². The summed E-state index contributed by atoms with van der Waals surface area (Å²) in [5, 5.41) is 6.01. The van der Waals surface area contributed by atoms with Gasteiger partial charge in [0.2, 0.25) is 18.2 Å². The summed E-state index contributed by atoms with van der Waals surface area (Å²) in [5.74, 6) is -0.521. The van der Waals surface area contributed by atoms with E-state index in [4.69, 9.17) is 4.74 Å². The van der Waals surface area contributed by atoms with Crippen molar-refractivity contribution in [3.8, 4) is 11.5 Å². The van der Waals surface area contributed by atoms with Gasteiger partial charge in [0.25, 0.3) is 0 Å². The molecule has 1 aliphatic heterocycles. The summed E-state index contributed by atoms with van der Waals surface area (Å²) in [6, 6.07) is 15.5. The number of rotatable bonds is 9. The predicted octanol–water partition coefficient (Wildman–Crippen LogP) is 4.35. The molecule has 3 N–H and O–H groups in total. The number of hydrogen-bond acceptors (Lipinski definition) is 5. The van der Waals surface area contributed by atoms with Gasteiger partial charge in [0.1, 0.15) is 11.8 Å². The number of aromatic nitrogens is 2. The largest absolute Gasteiger partial charge is 0.454 e. The number of likely N-dealkylation sites (tertiary alicyclic amines) is 1. The fourth-order valence-corrected chi connectivity index (χ4v) is 4.71. The number of fused-ring (bicyclic) bond motifs is 1. The molecule has 2 unspecified atom stereocenters. The number of carbonyl (C=O) groups is 3. The number of nitrogens with zero attached hydrogens (tertiary/aromatic N) is 2. The van der Waals surface area contributed by atoms with Crippen LogP contribution in [0.4, 0.5) is 8.78 Å². The number of benzene rings is 2. The number of aryl methyl sites for hydroxylation is 2. The van der Waals surface area contributed by atoms with Gasteiger partial charge in [-0.25, -0.2) is 4.39 Å². The summed E-state index contributed by atoms with van der Waals surface area (Å²) in [6.07, 6.45) is 4.08. The van der Waals surface area contributed by atoms with Gasteiger partial charge >= 0.3 is 0 Å². The first-order valence-corrected chi connectivity index (χ1v) is 13.5. The number of carbonyl (C=O) groups excluding carboxylic acids is 3. The molecule has 1 aliphatic rings. The standard InChI is InChI=1S/C17H20FN5O3.C14H13FO/c18-5-11-3-15(23(9-11)16(25)8-20-10-24)17(26)21-7-13-4-12-6-19-2-1-14(12)22-13;1-10-4-3-5-12(8-10)16-14-7-6-11(2)9-13(14)15/h1-2,4,6,10-11,15,22H,3,5,7-9H2,(H,20,24)(H,21,26);3-9H,1-2H3. The molecular weight excluding hydrogens is 544 g/mol. The lowest BCUT2D eigenvalue weighted by molar-refractivity contribution is -0.138. The summed E-state index contributed by atoms with van der Waals surface area (Å²) in [5.41, 5.74) is 3.69. The zero-order chi connectivity index (χ0) is 30.1. The second-order valence-corrected chi connectivity index (χ2v) is 10.1. The van der Waals surface area contributed by atoms with Gasteiger partial charge in [-0.1, -0.05) is 18.2 Å². The maximum Gasteiger partial charge on any atom is 0.243 e. The first-order valence-electron chi connectivity index (χ1n) is 13.5. The second-order valence-electron chi connectivity index (χ2n) is 10.1. The third-order valence-corrected chi connectivity index (χ3v) is 6.80. The number of halogens is 2. The van der Waals surface area contributed by atoms with Gasteiger partial charge in [-0.05, 0) is 67.8 Å². The van der Waals surface area contributed by atoms with Crippen LogP contribution in [0.5, 0.6) is 11.5 Å². The van der Waals surface area contributed by atoms with Crippen LogP contribution in [0.25, 0.3) is 10.9 Å². The highest BCUT2D eigenvalue weighted by molar-refractivity contribution is 5.89. The summed E-state index contributed by atoms with van der Waals surface area (Å²) in [6.45, 7) is 3.45. The number of pyridine rings is 1. The number of amides is 3. The molecule has 3 heterocycles. The van der Waals surface area contributed by atoms with Crippen LogP contribution in [-0.4, -0.2) is 58.9 Å². The molecule has 2 atom stereocenters. The third-order valence-electron chi connectivity index (χ3n) is 6.80. The summed E-state index contributed by atoms with van der Waals surface area (Å²) >= 11 is 0. The summed E-state index contributed by atoms with van der Waals surface area (Å²) in [4.78, 5) is 43.6. The maximum absolute atomic E-state index is 13.5. The van der Waals surface area contributed by atoms with E-state index in [0.29, 0.717) is 12.2 Å². The van der Waals surface area contributed by atoms with E-state index >= 15 is 0 Å². The molecule has 0 bridgehead atoms. The first-order chi connectivity index (χ1) is 20.3. The van der Waals surface area contributed by atoms with Gasteiger partial charge in [-0.15, -0.1) is 0 Å². The highest BCUT2D eigenvalue weighted by Crippen LogP contribution is 2.26. The molecule has 0 saturated carbocycles. The number of ether oxygens (including phenoxy) is 1. The topological polar surface area (TPSA) is 116 Å². The molecule has 42 heavy (non-hydrogen) atoms. The molecule has 3 amide bonds. The van der Waals surface area contributed by atoms with Gasteiger partial charge in [-0.3, -0.25) is 23.8 Å². The zero-order valence-corrected chi connectivity index (χ0v) is 23.4. The Labute approximate surface area is 242 Å². The molecule has 0 aliphatic carbocycles. The summed E-state index contributed by atoms with van der Waals surface area (Å²) < 4.78 is 32.0. The molecule has 5 rings (SSSR count). The lowest BCUT2D eigenvalue weighted by atomic mass is 10.1. The van der Waals surface area contributed by atoms with Crippen molar-refractivity contribution in [2.45, 2.75) is 32.9 Å². The van der Waals surface area contributed by atoms with E-state index in [0.717, 1.165) is 27.7 Å². The number of aromatic amines is 1. The molecule has 2 aromatic carbocycles. The van der Waals surface area contributed by atoms with Crippen molar-refractivity contribution < 1.29 is 27.9 Å². The molecule has 11 heteroatoms. The Morgan fingerprint density at radius 1 is 1.14 bits per heavy atom. The Bertz CT molecular complexity index is 1510. The zero-order valence-electron chi connectivity index (χ0n) is 23.4. The number of alkyl halides is 1. The van der Waals surface area contributed by atoms with E-state index in [9.17, 15) is 23.2 Å². The fourth-order valence-electron chi connectivity index (χ4n) is 4.71. The first kappa shape index (κ1) is 30.2. The Morgan fingerprint density at radius 2 is 1.95 bits per heavy atom. The lowest BCUT2D eigenvalue weighted by Gasteiger charge is -2.23. The van der Waals surface area contributed by atoms with Crippen LogP contribution in [0.1, 0.15) is 23.2 Å². The number of nitrogens with one attached hydrogen (secondary N) is 3. The molecule has 4 aromatic rings. The van der Waals surface area contributed by atoms with Crippen molar-refractivity contribution in [1.82, 2.24) is 25.5 Å². The predicted molar refractivity (Wildman–Crippen MR) is 154 cm³/mol. The van der Waals surface area contributed by atoms with Gasteiger partial charge < -0.3 is 25.3 Å². The van der Waals surface area contributed by atoms with Crippen molar-refractivity contribution in [3.05, 3.63) is 89.6 Å².